The molecule has 0 spiro atoms. The van der Waals surface area contributed by atoms with E-state index in [4.69, 9.17) is 4.84 Å². The van der Waals surface area contributed by atoms with E-state index in [0.717, 1.165) is 32.4 Å². The van der Waals surface area contributed by atoms with Crippen molar-refractivity contribution in [2.75, 3.05) is 7.05 Å². The Balaban J connectivity index is 0.000000381. The van der Waals surface area contributed by atoms with Gasteiger partial charge in [-0.25, -0.2) is 13.9 Å². The maximum atomic E-state index is 11.6. The van der Waals surface area contributed by atoms with Crippen LogP contribution in [0.3, 0.4) is 0 Å². The van der Waals surface area contributed by atoms with E-state index >= 15 is 0 Å². The Hall–Kier alpha value is -3.14. The zero-order valence-electron chi connectivity index (χ0n) is 22.0. The van der Waals surface area contributed by atoms with Crippen molar-refractivity contribution in [1.29, 1.82) is 0 Å². The molecule has 1 aliphatic heterocycles. The highest BCUT2D eigenvalue weighted by Crippen LogP contribution is 2.13. The standard InChI is InChI=1S/C15H19N2O4.C12H18N2O.BrH/c1-12-7-10-16(11-8-12)9-3-2-4-15(20)21-17-13(18)5-6-14(17)19;1-11-6-9-14(10-7-11)8-4-3-5-12(15)13-2;/h7-8,10-11H,2-6,9H2,1H3;6-7,9-10H,3-5,8H2,1-2H3;1H/q+1;;. The molecule has 3 heterocycles. The smallest absolute Gasteiger partial charge is 0.333 e. The summed E-state index contributed by atoms with van der Waals surface area (Å²) in [5.74, 6) is -1.29. The van der Waals surface area contributed by atoms with Crippen molar-refractivity contribution in [3.05, 3.63) is 60.2 Å². The van der Waals surface area contributed by atoms with Crippen molar-refractivity contribution < 1.29 is 50.1 Å². The lowest BCUT2D eigenvalue weighted by molar-refractivity contribution is -0.697. The molecule has 0 aromatic carbocycles. The molecular formula is C27H38BrN4O5+. The molecule has 3 amide bonds. The van der Waals surface area contributed by atoms with Gasteiger partial charge in [-0.15, -0.1) is 5.06 Å². The molecule has 1 fully saturated rings. The summed E-state index contributed by atoms with van der Waals surface area (Å²) >= 11 is 0. The molecule has 202 valence electrons. The number of hydrogen-bond acceptors (Lipinski definition) is 5. The molecule has 0 bridgehead atoms. The number of rotatable bonds is 11. The van der Waals surface area contributed by atoms with Crippen LogP contribution in [0.5, 0.6) is 0 Å². The van der Waals surface area contributed by atoms with Crippen LogP contribution in [0, 0.1) is 13.8 Å². The number of nitrogens with zero attached hydrogens (tertiary/aromatic N) is 3. The van der Waals surface area contributed by atoms with Gasteiger partial charge >= 0.3 is 5.97 Å². The Bertz CT molecular complexity index is 996. The molecule has 1 aliphatic rings. The number of imide groups is 1. The first kappa shape index (κ1) is 31.9. The van der Waals surface area contributed by atoms with E-state index in [2.05, 4.69) is 41.3 Å². The van der Waals surface area contributed by atoms with Gasteiger partial charge in [-0.05, 0) is 37.8 Å². The summed E-state index contributed by atoms with van der Waals surface area (Å²) in [6.07, 6.45) is 12.7. The maximum absolute atomic E-state index is 11.6. The van der Waals surface area contributed by atoms with Crippen molar-refractivity contribution in [2.24, 2.45) is 0 Å². The Labute approximate surface area is 229 Å². The second kappa shape index (κ2) is 17.3. The summed E-state index contributed by atoms with van der Waals surface area (Å²) in [6.45, 7) is 5.91. The Morgan fingerprint density at radius 3 is 1.68 bits per heavy atom. The molecule has 0 saturated carbocycles. The fraction of sp³-hybridized carbons (Fsp3) is 0.481. The number of carbonyl (C=O) groups is 4. The van der Waals surface area contributed by atoms with Crippen LogP contribution in [0.1, 0.15) is 62.5 Å². The number of nitrogens with one attached hydrogen (secondary N) is 1. The van der Waals surface area contributed by atoms with E-state index in [0.29, 0.717) is 17.9 Å². The van der Waals surface area contributed by atoms with E-state index < -0.39 is 17.8 Å². The van der Waals surface area contributed by atoms with Crippen LogP contribution in [-0.2, 0) is 37.1 Å². The highest BCUT2D eigenvalue weighted by atomic mass is 79.9. The van der Waals surface area contributed by atoms with Crippen molar-refractivity contribution in [2.45, 2.75) is 78.3 Å². The summed E-state index contributed by atoms with van der Waals surface area (Å²) in [5, 5.41) is 3.22. The minimum atomic E-state index is -0.535. The quantitative estimate of drug-likeness (QED) is 0.215. The van der Waals surface area contributed by atoms with Gasteiger partial charge in [0.05, 0.1) is 0 Å². The predicted molar refractivity (Wildman–Crippen MR) is 132 cm³/mol. The van der Waals surface area contributed by atoms with Crippen LogP contribution in [0.25, 0.3) is 0 Å². The molecule has 0 unspecified atom stereocenters. The van der Waals surface area contributed by atoms with Gasteiger partial charge < -0.3 is 27.1 Å². The molecule has 0 radical (unpaired) electrons. The van der Waals surface area contributed by atoms with Crippen LogP contribution in [0.2, 0.25) is 0 Å². The molecule has 2 aromatic heterocycles. The normalized spacial score (nSPS) is 12.4. The van der Waals surface area contributed by atoms with Gasteiger partial charge in [-0.3, -0.25) is 14.4 Å². The highest BCUT2D eigenvalue weighted by Gasteiger charge is 2.32. The van der Waals surface area contributed by atoms with Crippen molar-refractivity contribution in [3.63, 3.8) is 0 Å². The van der Waals surface area contributed by atoms with Crippen molar-refractivity contribution >= 4 is 23.7 Å². The van der Waals surface area contributed by atoms with Gasteiger partial charge in [0.2, 0.25) is 5.91 Å². The van der Waals surface area contributed by atoms with Crippen molar-refractivity contribution in [3.8, 4) is 0 Å². The van der Waals surface area contributed by atoms with Crippen LogP contribution >= 0.6 is 0 Å². The van der Waals surface area contributed by atoms with Gasteiger partial charge in [0.15, 0.2) is 24.8 Å². The van der Waals surface area contributed by atoms with Gasteiger partial charge in [0.1, 0.15) is 13.1 Å². The highest BCUT2D eigenvalue weighted by molar-refractivity contribution is 6.01. The third-order valence-electron chi connectivity index (χ3n) is 5.71. The fourth-order valence-corrected chi connectivity index (χ4v) is 3.44. The summed E-state index contributed by atoms with van der Waals surface area (Å²) < 4.78 is 4.20. The topological polar surface area (TPSA) is 101 Å². The average Bonchev–Trinajstić information content (AvgIpc) is 3.19. The van der Waals surface area contributed by atoms with Gasteiger partial charge in [-0.1, -0.05) is 0 Å². The largest absolute Gasteiger partial charge is 1.00 e. The lowest BCUT2D eigenvalue weighted by atomic mass is 10.2. The van der Waals surface area contributed by atoms with E-state index in [1.807, 2.05) is 36.0 Å². The number of hydroxylamine groups is 2. The number of carbonyl (C=O) groups excluding carboxylic acids is 4. The maximum Gasteiger partial charge on any atom is 0.333 e. The van der Waals surface area contributed by atoms with E-state index in [9.17, 15) is 19.2 Å². The van der Waals surface area contributed by atoms with Gasteiger partial charge in [0, 0.05) is 69.8 Å². The van der Waals surface area contributed by atoms with E-state index in [1.54, 1.807) is 7.05 Å². The summed E-state index contributed by atoms with van der Waals surface area (Å²) in [7, 11) is 1.68. The monoisotopic (exact) mass is 577 g/mol. The lowest BCUT2D eigenvalue weighted by Crippen LogP contribution is -3.00. The predicted octanol–water partition coefficient (Wildman–Crippen LogP) is -0.737. The molecule has 3 rings (SSSR count). The number of aromatic nitrogens is 2. The molecule has 10 heteroatoms. The molecule has 1 N–H and O–H groups in total. The summed E-state index contributed by atoms with van der Waals surface area (Å²) in [4.78, 5) is 49.9. The molecule has 0 atom stereocenters. The Morgan fingerprint density at radius 1 is 0.811 bits per heavy atom. The zero-order valence-corrected chi connectivity index (χ0v) is 23.5. The molecular weight excluding hydrogens is 540 g/mol. The molecule has 9 nitrogen and oxygen atoms in total. The fourth-order valence-electron chi connectivity index (χ4n) is 3.44. The first-order valence-electron chi connectivity index (χ1n) is 12.5. The van der Waals surface area contributed by atoms with Crippen LogP contribution in [-0.4, -0.2) is 35.8 Å². The molecule has 2 aromatic rings. The van der Waals surface area contributed by atoms with Crippen LogP contribution in [0.15, 0.2) is 49.1 Å². The van der Waals surface area contributed by atoms with E-state index in [-0.39, 0.29) is 42.2 Å². The summed E-state index contributed by atoms with van der Waals surface area (Å²) in [5.41, 5.74) is 2.48. The third-order valence-corrected chi connectivity index (χ3v) is 5.71. The summed E-state index contributed by atoms with van der Waals surface area (Å²) in [6, 6.07) is 8.25. The molecule has 37 heavy (non-hydrogen) atoms. The van der Waals surface area contributed by atoms with Crippen LogP contribution < -0.4 is 31.4 Å². The first-order chi connectivity index (χ1) is 17.3. The molecule has 1 saturated heterocycles. The second-order valence-electron chi connectivity index (χ2n) is 8.86. The zero-order chi connectivity index (χ0) is 26.3. The van der Waals surface area contributed by atoms with E-state index in [1.165, 1.54) is 11.1 Å². The number of unbranched alkanes of at least 4 members (excludes halogenated alkanes) is 2. The third kappa shape index (κ3) is 12.6. The average molecular weight is 579 g/mol. The SMILES string of the molecule is CNC(=O)CCCC[n+]1ccc(C)cc1.Cc1cc[n+](CCCCC(=O)ON2C(=O)CCC2=O)cc1.[Br-]. The minimum absolute atomic E-state index is 0. The second-order valence-corrected chi connectivity index (χ2v) is 8.86. The van der Waals surface area contributed by atoms with Crippen molar-refractivity contribution in [1.82, 2.24) is 10.4 Å². The molecule has 0 aliphatic carbocycles. The van der Waals surface area contributed by atoms with Crippen LogP contribution in [0.4, 0.5) is 0 Å². The number of aryl methyl sites for hydroxylation is 4. The first-order valence-corrected chi connectivity index (χ1v) is 12.5. The van der Waals surface area contributed by atoms with Gasteiger partial charge in [-0.2, -0.15) is 0 Å². The van der Waals surface area contributed by atoms with Gasteiger partial charge in [0.25, 0.3) is 11.8 Å². The minimum Gasteiger partial charge on any atom is -1.00 e. The number of amides is 3. The lowest BCUT2D eigenvalue weighted by Gasteiger charge is -2.12. The number of halogens is 1. The number of pyridine rings is 2. The Kier molecular flexibility index (Phi) is 14.9. The Morgan fingerprint density at radius 2 is 1.24 bits per heavy atom. The number of hydrogen-bond donors (Lipinski definition) is 1.